The predicted octanol–water partition coefficient (Wildman–Crippen LogP) is 0.331. The first-order chi connectivity index (χ1) is 9.82. The number of methoxy groups -OCH3 is 1. The Morgan fingerprint density at radius 1 is 1.29 bits per heavy atom. The lowest BCUT2D eigenvalue weighted by atomic mass is 10.2. The van der Waals surface area contributed by atoms with Crippen molar-refractivity contribution in [3.8, 4) is 0 Å². The van der Waals surface area contributed by atoms with Crippen LogP contribution < -0.4 is 10.6 Å². The molecule has 21 heavy (non-hydrogen) atoms. The highest BCUT2D eigenvalue weighted by molar-refractivity contribution is 7.90. The molecule has 0 aliphatic heterocycles. The maximum absolute atomic E-state index is 11.6. The zero-order valence-corrected chi connectivity index (χ0v) is 13.4. The first-order valence-electron chi connectivity index (χ1n) is 6.61. The zero-order chi connectivity index (χ0) is 15.9. The summed E-state index contributed by atoms with van der Waals surface area (Å²) in [6.07, 6.45) is 1.17. The fraction of sp³-hybridized carbons (Fsp3) is 0.500. The number of hydrogen-bond acceptors (Lipinski definition) is 5. The highest BCUT2D eigenvalue weighted by Crippen LogP contribution is 2.09. The van der Waals surface area contributed by atoms with Gasteiger partial charge in [-0.25, -0.2) is 8.42 Å². The number of sulfone groups is 1. The van der Waals surface area contributed by atoms with Crippen LogP contribution in [0, 0.1) is 0 Å². The fourth-order valence-corrected chi connectivity index (χ4v) is 2.42. The van der Waals surface area contributed by atoms with E-state index in [-0.39, 0.29) is 23.4 Å². The molecule has 0 spiro atoms. The number of hydrogen-bond donors (Lipinski definition) is 2. The van der Waals surface area contributed by atoms with Crippen molar-refractivity contribution in [3.63, 3.8) is 0 Å². The van der Waals surface area contributed by atoms with E-state index >= 15 is 0 Å². The molecule has 0 fully saturated rings. The Hall–Kier alpha value is -1.44. The van der Waals surface area contributed by atoms with Crippen molar-refractivity contribution in [1.82, 2.24) is 10.6 Å². The van der Waals surface area contributed by atoms with Gasteiger partial charge in [-0.2, -0.15) is 0 Å². The van der Waals surface area contributed by atoms with Crippen molar-refractivity contribution in [1.29, 1.82) is 0 Å². The standard InChI is InChI=1S/C14H22N2O4S/c1-11(10-20-2)16-14(17)9-15-8-12-4-6-13(7-5-12)21(3,18)19/h4-7,11,15H,8-10H2,1-3H3,(H,16,17). The van der Waals surface area contributed by atoms with Crippen LogP contribution in [0.1, 0.15) is 12.5 Å². The molecule has 2 N–H and O–H groups in total. The first-order valence-corrected chi connectivity index (χ1v) is 8.50. The number of ether oxygens (including phenoxy) is 1. The largest absolute Gasteiger partial charge is 0.383 e. The quantitative estimate of drug-likeness (QED) is 0.722. The molecule has 1 atom stereocenters. The van der Waals surface area contributed by atoms with E-state index in [0.29, 0.717) is 13.2 Å². The van der Waals surface area contributed by atoms with Gasteiger partial charge in [0.05, 0.1) is 18.0 Å². The lowest BCUT2D eigenvalue weighted by Gasteiger charge is -2.13. The van der Waals surface area contributed by atoms with Gasteiger partial charge in [-0.15, -0.1) is 0 Å². The number of amides is 1. The van der Waals surface area contributed by atoms with Gasteiger partial charge < -0.3 is 15.4 Å². The van der Waals surface area contributed by atoms with Gasteiger partial charge in [0.1, 0.15) is 0 Å². The summed E-state index contributed by atoms with van der Waals surface area (Å²) in [4.78, 5) is 11.9. The van der Waals surface area contributed by atoms with Crippen LogP contribution in [-0.4, -0.2) is 46.9 Å². The Kier molecular flexibility index (Phi) is 6.80. The van der Waals surface area contributed by atoms with Gasteiger partial charge in [-0.3, -0.25) is 4.79 Å². The second-order valence-corrected chi connectivity index (χ2v) is 6.96. The SMILES string of the molecule is COCC(C)NC(=O)CNCc1ccc(S(C)(=O)=O)cc1. The minimum absolute atomic E-state index is 0.0293. The molecule has 0 aromatic heterocycles. The van der Waals surface area contributed by atoms with E-state index in [1.54, 1.807) is 31.4 Å². The molecular weight excluding hydrogens is 292 g/mol. The smallest absolute Gasteiger partial charge is 0.234 e. The highest BCUT2D eigenvalue weighted by Gasteiger charge is 2.07. The van der Waals surface area contributed by atoms with Crippen molar-refractivity contribution >= 4 is 15.7 Å². The molecule has 118 valence electrons. The lowest BCUT2D eigenvalue weighted by Crippen LogP contribution is -2.40. The molecule has 0 heterocycles. The van der Waals surface area contributed by atoms with E-state index in [1.807, 2.05) is 6.92 Å². The van der Waals surface area contributed by atoms with E-state index in [1.165, 1.54) is 6.26 Å². The number of benzene rings is 1. The average molecular weight is 314 g/mol. The third kappa shape index (κ3) is 6.70. The number of carbonyl (C=O) groups excluding carboxylic acids is 1. The van der Waals surface area contributed by atoms with Crippen LogP contribution in [0.2, 0.25) is 0 Å². The Morgan fingerprint density at radius 2 is 1.90 bits per heavy atom. The van der Waals surface area contributed by atoms with Crippen molar-refractivity contribution in [2.24, 2.45) is 0 Å². The van der Waals surface area contributed by atoms with Crippen LogP contribution >= 0.6 is 0 Å². The van der Waals surface area contributed by atoms with Crippen molar-refractivity contribution in [3.05, 3.63) is 29.8 Å². The molecule has 7 heteroatoms. The summed E-state index contributed by atoms with van der Waals surface area (Å²) in [5, 5.41) is 5.80. The van der Waals surface area contributed by atoms with E-state index in [9.17, 15) is 13.2 Å². The van der Waals surface area contributed by atoms with Gasteiger partial charge in [0, 0.05) is 26.0 Å². The maximum atomic E-state index is 11.6. The van der Waals surface area contributed by atoms with E-state index in [4.69, 9.17) is 4.74 Å². The van der Waals surface area contributed by atoms with Gasteiger partial charge in [0.2, 0.25) is 5.91 Å². The maximum Gasteiger partial charge on any atom is 0.234 e. The first kappa shape index (κ1) is 17.6. The second-order valence-electron chi connectivity index (χ2n) is 4.94. The highest BCUT2D eigenvalue weighted by atomic mass is 32.2. The summed E-state index contributed by atoms with van der Waals surface area (Å²) >= 11 is 0. The lowest BCUT2D eigenvalue weighted by molar-refractivity contribution is -0.121. The number of carbonyl (C=O) groups is 1. The third-order valence-electron chi connectivity index (χ3n) is 2.79. The van der Waals surface area contributed by atoms with E-state index in [0.717, 1.165) is 5.56 Å². The summed E-state index contributed by atoms with van der Waals surface area (Å²) in [7, 11) is -1.58. The minimum atomic E-state index is -3.17. The minimum Gasteiger partial charge on any atom is -0.383 e. The topological polar surface area (TPSA) is 84.5 Å². The monoisotopic (exact) mass is 314 g/mol. The normalized spacial score (nSPS) is 12.9. The molecule has 0 saturated heterocycles. The molecule has 1 amide bonds. The fourth-order valence-electron chi connectivity index (χ4n) is 1.79. The van der Waals surface area contributed by atoms with Gasteiger partial charge in [0.15, 0.2) is 9.84 Å². The number of rotatable bonds is 8. The summed E-state index contributed by atoms with van der Waals surface area (Å²) in [6.45, 7) is 3.03. The van der Waals surface area contributed by atoms with Crippen LogP contribution in [0.5, 0.6) is 0 Å². The van der Waals surface area contributed by atoms with E-state index < -0.39 is 9.84 Å². The predicted molar refractivity (Wildman–Crippen MR) is 80.7 cm³/mol. The molecule has 0 saturated carbocycles. The number of nitrogens with one attached hydrogen (secondary N) is 2. The average Bonchev–Trinajstić information content (AvgIpc) is 2.38. The molecule has 0 aliphatic rings. The summed E-state index contributed by atoms with van der Waals surface area (Å²) in [6, 6.07) is 6.56. The molecule has 1 rings (SSSR count). The summed E-state index contributed by atoms with van der Waals surface area (Å²) < 4.78 is 27.6. The van der Waals surface area contributed by atoms with Crippen molar-refractivity contribution < 1.29 is 17.9 Å². The molecular formula is C14H22N2O4S. The van der Waals surface area contributed by atoms with E-state index in [2.05, 4.69) is 10.6 Å². The van der Waals surface area contributed by atoms with Crippen LogP contribution in [0.25, 0.3) is 0 Å². The van der Waals surface area contributed by atoms with Crippen LogP contribution in [0.3, 0.4) is 0 Å². The molecule has 0 aliphatic carbocycles. The van der Waals surface area contributed by atoms with Crippen LogP contribution in [0.15, 0.2) is 29.2 Å². The van der Waals surface area contributed by atoms with Gasteiger partial charge in [0.25, 0.3) is 0 Å². The van der Waals surface area contributed by atoms with Gasteiger partial charge in [-0.1, -0.05) is 12.1 Å². The second kappa shape index (κ2) is 8.11. The Morgan fingerprint density at radius 3 is 2.43 bits per heavy atom. The Balaban J connectivity index is 2.37. The van der Waals surface area contributed by atoms with Crippen LogP contribution in [-0.2, 0) is 25.9 Å². The van der Waals surface area contributed by atoms with Gasteiger partial charge >= 0.3 is 0 Å². The Bertz CT molecular complexity index is 555. The molecule has 6 nitrogen and oxygen atoms in total. The Labute approximate surface area is 125 Å². The van der Waals surface area contributed by atoms with Crippen molar-refractivity contribution in [2.45, 2.75) is 24.4 Å². The molecule has 1 unspecified atom stereocenters. The van der Waals surface area contributed by atoms with Gasteiger partial charge in [-0.05, 0) is 24.6 Å². The third-order valence-corrected chi connectivity index (χ3v) is 3.92. The van der Waals surface area contributed by atoms with Crippen molar-refractivity contribution in [2.75, 3.05) is 26.5 Å². The summed E-state index contributed by atoms with van der Waals surface area (Å²) in [5.74, 6) is -0.104. The molecule has 1 aromatic carbocycles. The molecule has 1 aromatic rings. The summed E-state index contributed by atoms with van der Waals surface area (Å²) in [5.41, 5.74) is 0.917. The van der Waals surface area contributed by atoms with Crippen LogP contribution in [0.4, 0.5) is 0 Å². The zero-order valence-electron chi connectivity index (χ0n) is 12.5. The molecule has 0 radical (unpaired) electrons. The molecule has 0 bridgehead atoms.